The Hall–Kier alpha value is -2.46. The van der Waals surface area contributed by atoms with E-state index in [0.717, 1.165) is 0 Å². The lowest BCUT2D eigenvalue weighted by molar-refractivity contribution is 0.104. The molecule has 0 aliphatic heterocycles. The molecule has 2 aromatic rings. The van der Waals surface area contributed by atoms with Gasteiger partial charge in [-0.25, -0.2) is 0 Å². The van der Waals surface area contributed by atoms with Crippen molar-refractivity contribution >= 4 is 23.5 Å². The minimum atomic E-state index is -0.188. The van der Waals surface area contributed by atoms with Gasteiger partial charge in [-0.2, -0.15) is 0 Å². The van der Waals surface area contributed by atoms with Crippen LogP contribution in [0.5, 0.6) is 17.2 Å². The van der Waals surface area contributed by atoms with Crippen LogP contribution in [0.4, 0.5) is 0 Å². The first-order valence-corrected chi connectivity index (χ1v) is 7.25. The van der Waals surface area contributed by atoms with Crippen LogP contribution in [0.2, 0.25) is 5.02 Å². The van der Waals surface area contributed by atoms with Crippen LogP contribution in [-0.4, -0.2) is 27.1 Å². The molecular weight excluding hydrogens is 316 g/mol. The summed E-state index contributed by atoms with van der Waals surface area (Å²) >= 11 is 6.03. The molecule has 0 fully saturated rings. The molecule has 0 heterocycles. The van der Waals surface area contributed by atoms with E-state index >= 15 is 0 Å². The maximum atomic E-state index is 12.2. The van der Waals surface area contributed by atoms with Crippen LogP contribution in [0.3, 0.4) is 0 Å². The first-order valence-electron chi connectivity index (χ1n) is 6.87. The van der Waals surface area contributed by atoms with Crippen molar-refractivity contribution in [2.45, 2.75) is 0 Å². The van der Waals surface area contributed by atoms with Crippen LogP contribution in [0.25, 0.3) is 6.08 Å². The Morgan fingerprint density at radius 1 is 0.957 bits per heavy atom. The van der Waals surface area contributed by atoms with E-state index in [1.165, 1.54) is 6.08 Å². The van der Waals surface area contributed by atoms with E-state index in [4.69, 9.17) is 25.8 Å². The molecule has 23 heavy (non-hydrogen) atoms. The lowest BCUT2D eigenvalue weighted by Crippen LogP contribution is -1.96. The molecule has 0 N–H and O–H groups in total. The fraction of sp³-hybridized carbons (Fsp3) is 0.167. The Morgan fingerprint density at radius 3 is 2.17 bits per heavy atom. The van der Waals surface area contributed by atoms with Gasteiger partial charge >= 0.3 is 0 Å². The van der Waals surface area contributed by atoms with E-state index in [0.29, 0.717) is 33.4 Å². The zero-order valence-corrected chi connectivity index (χ0v) is 13.9. The second-order valence-electron chi connectivity index (χ2n) is 4.63. The van der Waals surface area contributed by atoms with Crippen LogP contribution in [0, 0.1) is 0 Å². The maximum absolute atomic E-state index is 12.2. The second-order valence-corrected chi connectivity index (χ2v) is 5.03. The van der Waals surface area contributed by atoms with Gasteiger partial charge in [0, 0.05) is 17.2 Å². The molecule has 4 nitrogen and oxygen atoms in total. The van der Waals surface area contributed by atoms with E-state index in [1.807, 2.05) is 0 Å². The summed E-state index contributed by atoms with van der Waals surface area (Å²) in [4.78, 5) is 12.2. The van der Waals surface area contributed by atoms with E-state index in [-0.39, 0.29) is 5.78 Å². The number of rotatable bonds is 6. The van der Waals surface area contributed by atoms with Gasteiger partial charge in [-0.05, 0) is 30.4 Å². The third-order valence-corrected chi connectivity index (χ3v) is 3.62. The highest BCUT2D eigenvalue weighted by molar-refractivity contribution is 6.34. The Labute approximate surface area is 140 Å². The third-order valence-electron chi connectivity index (χ3n) is 3.29. The van der Waals surface area contributed by atoms with Gasteiger partial charge in [-0.3, -0.25) is 4.79 Å². The number of carbonyl (C=O) groups is 1. The third kappa shape index (κ3) is 3.85. The Morgan fingerprint density at radius 2 is 1.57 bits per heavy atom. The monoisotopic (exact) mass is 332 g/mol. The Balaban J connectivity index is 2.35. The molecule has 0 amide bonds. The highest BCUT2D eigenvalue weighted by Gasteiger charge is 2.11. The highest BCUT2D eigenvalue weighted by atomic mass is 35.5. The molecule has 0 aliphatic rings. The van der Waals surface area contributed by atoms with Crippen molar-refractivity contribution in [1.82, 2.24) is 0 Å². The summed E-state index contributed by atoms with van der Waals surface area (Å²) in [6.07, 6.45) is 3.11. The molecule has 0 aliphatic carbocycles. The van der Waals surface area contributed by atoms with Gasteiger partial charge in [0.1, 0.15) is 5.75 Å². The minimum absolute atomic E-state index is 0.188. The molecule has 0 radical (unpaired) electrons. The lowest BCUT2D eigenvalue weighted by Gasteiger charge is -2.12. The van der Waals surface area contributed by atoms with Gasteiger partial charge in [0.2, 0.25) is 0 Å². The summed E-state index contributed by atoms with van der Waals surface area (Å²) in [5.74, 6) is 1.50. The summed E-state index contributed by atoms with van der Waals surface area (Å²) in [6, 6.07) is 10.4. The number of benzene rings is 2. The zero-order valence-electron chi connectivity index (χ0n) is 13.1. The number of allylic oxidation sites excluding steroid dienone is 1. The number of carbonyl (C=O) groups excluding carboxylic acids is 1. The van der Waals surface area contributed by atoms with Crippen molar-refractivity contribution in [3.05, 3.63) is 58.6 Å². The van der Waals surface area contributed by atoms with E-state index < -0.39 is 0 Å². The predicted molar refractivity (Wildman–Crippen MR) is 90.9 cm³/mol. The number of ether oxygens (including phenoxy) is 3. The molecule has 2 rings (SSSR count). The molecule has 0 atom stereocenters. The van der Waals surface area contributed by atoms with Gasteiger partial charge in [-0.15, -0.1) is 0 Å². The minimum Gasteiger partial charge on any atom is -0.496 e. The van der Waals surface area contributed by atoms with Gasteiger partial charge in [-0.1, -0.05) is 23.7 Å². The predicted octanol–water partition coefficient (Wildman–Crippen LogP) is 4.26. The van der Waals surface area contributed by atoms with Crippen molar-refractivity contribution < 1.29 is 19.0 Å². The lowest BCUT2D eigenvalue weighted by atomic mass is 10.1. The first kappa shape index (κ1) is 16.9. The van der Waals surface area contributed by atoms with Crippen molar-refractivity contribution in [2.24, 2.45) is 0 Å². The number of ketones is 1. The Kier molecular flexibility index (Phi) is 5.66. The van der Waals surface area contributed by atoms with Crippen LogP contribution >= 0.6 is 11.6 Å². The largest absolute Gasteiger partial charge is 0.496 e. The molecule has 0 spiro atoms. The summed E-state index contributed by atoms with van der Waals surface area (Å²) < 4.78 is 15.8. The Bertz CT molecular complexity index is 738. The average molecular weight is 333 g/mol. The van der Waals surface area contributed by atoms with E-state index in [2.05, 4.69) is 0 Å². The van der Waals surface area contributed by atoms with E-state index in [1.54, 1.807) is 63.8 Å². The van der Waals surface area contributed by atoms with Gasteiger partial charge < -0.3 is 14.2 Å². The zero-order chi connectivity index (χ0) is 16.8. The molecular formula is C18H17ClO4. The van der Waals surface area contributed by atoms with Crippen LogP contribution in [0.1, 0.15) is 15.9 Å². The van der Waals surface area contributed by atoms with Crippen LogP contribution < -0.4 is 14.2 Å². The first-order chi connectivity index (χ1) is 11.1. The topological polar surface area (TPSA) is 44.8 Å². The number of hydrogen-bond acceptors (Lipinski definition) is 4. The van der Waals surface area contributed by atoms with Crippen molar-refractivity contribution in [1.29, 1.82) is 0 Å². The normalized spacial score (nSPS) is 10.6. The van der Waals surface area contributed by atoms with Gasteiger partial charge in [0.25, 0.3) is 0 Å². The summed E-state index contributed by atoms with van der Waals surface area (Å²) in [6.45, 7) is 0. The fourth-order valence-corrected chi connectivity index (χ4v) is 2.33. The van der Waals surface area contributed by atoms with Gasteiger partial charge in [0.15, 0.2) is 17.3 Å². The van der Waals surface area contributed by atoms with Crippen LogP contribution in [-0.2, 0) is 0 Å². The van der Waals surface area contributed by atoms with Crippen molar-refractivity contribution in [2.75, 3.05) is 21.3 Å². The summed E-state index contributed by atoms with van der Waals surface area (Å²) in [5, 5.41) is 0.418. The molecule has 5 heteroatoms. The van der Waals surface area contributed by atoms with Crippen LogP contribution in [0.15, 0.2) is 42.5 Å². The number of methoxy groups -OCH3 is 3. The smallest absolute Gasteiger partial charge is 0.187 e. The maximum Gasteiger partial charge on any atom is 0.187 e. The molecule has 120 valence electrons. The average Bonchev–Trinajstić information content (AvgIpc) is 2.59. The number of halogens is 1. The SMILES string of the molecule is COc1cc(OC)c(OC)cc1/C=C/C(=O)c1ccccc1Cl. The molecule has 0 bridgehead atoms. The highest BCUT2D eigenvalue weighted by Crippen LogP contribution is 2.35. The van der Waals surface area contributed by atoms with Crippen molar-refractivity contribution in [3.8, 4) is 17.2 Å². The van der Waals surface area contributed by atoms with E-state index in [9.17, 15) is 4.79 Å². The standard InChI is InChI=1S/C18H17ClO4/c1-21-16-11-18(23-3)17(22-2)10-12(16)8-9-15(20)13-6-4-5-7-14(13)19/h4-11H,1-3H3/b9-8+. The molecule has 0 saturated carbocycles. The van der Waals surface area contributed by atoms with Gasteiger partial charge in [0.05, 0.1) is 26.4 Å². The molecule has 0 aromatic heterocycles. The summed E-state index contributed by atoms with van der Waals surface area (Å²) in [7, 11) is 4.65. The molecule has 0 saturated heterocycles. The summed E-state index contributed by atoms with van der Waals surface area (Å²) in [5.41, 5.74) is 1.15. The van der Waals surface area contributed by atoms with Crippen molar-refractivity contribution in [3.63, 3.8) is 0 Å². The second kappa shape index (κ2) is 7.70. The number of hydrogen-bond donors (Lipinski definition) is 0. The molecule has 0 unspecified atom stereocenters. The quantitative estimate of drug-likeness (QED) is 0.585. The molecule has 2 aromatic carbocycles. The fourth-order valence-electron chi connectivity index (χ4n) is 2.10.